The molecule has 1 N–H and O–H groups in total. The van der Waals surface area contributed by atoms with Crippen molar-refractivity contribution in [1.82, 2.24) is 5.32 Å². The molecule has 0 spiro atoms. The number of hydrogen-bond donors (Lipinski definition) is 1. The van der Waals surface area contributed by atoms with E-state index in [2.05, 4.69) is 34.2 Å². The molecule has 2 aromatic carbocycles. The van der Waals surface area contributed by atoms with Gasteiger partial charge in [0.15, 0.2) is 0 Å². The Morgan fingerprint density at radius 1 is 1.20 bits per heavy atom. The highest BCUT2D eigenvalue weighted by atomic mass is 79.9. The summed E-state index contributed by atoms with van der Waals surface area (Å²) in [5, 5.41) is 3.27. The molecule has 0 aliphatic rings. The fourth-order valence-corrected chi connectivity index (χ4v) is 2.29. The van der Waals surface area contributed by atoms with Crippen LogP contribution in [0.15, 0.2) is 40.9 Å². The second-order valence-electron chi connectivity index (χ2n) is 4.59. The first-order valence-electron chi connectivity index (χ1n) is 6.52. The van der Waals surface area contributed by atoms with E-state index < -0.39 is 0 Å². The van der Waals surface area contributed by atoms with Crippen molar-refractivity contribution in [2.45, 2.75) is 20.4 Å². The van der Waals surface area contributed by atoms with E-state index >= 15 is 0 Å². The summed E-state index contributed by atoms with van der Waals surface area (Å²) in [4.78, 5) is 0. The van der Waals surface area contributed by atoms with Crippen LogP contribution in [0.25, 0.3) is 0 Å². The van der Waals surface area contributed by atoms with Gasteiger partial charge in [-0.1, -0.05) is 35.0 Å². The Morgan fingerprint density at radius 2 is 2.00 bits per heavy atom. The van der Waals surface area contributed by atoms with Crippen molar-refractivity contribution >= 4 is 15.9 Å². The van der Waals surface area contributed by atoms with Gasteiger partial charge in [-0.15, -0.1) is 0 Å². The van der Waals surface area contributed by atoms with Crippen molar-refractivity contribution in [3.05, 3.63) is 57.8 Å². The van der Waals surface area contributed by atoms with Gasteiger partial charge in [-0.3, -0.25) is 0 Å². The molecule has 0 saturated heterocycles. The third kappa shape index (κ3) is 4.05. The zero-order valence-electron chi connectivity index (χ0n) is 11.5. The quantitative estimate of drug-likeness (QED) is 0.846. The summed E-state index contributed by atoms with van der Waals surface area (Å²) < 4.78 is 19.8. The van der Waals surface area contributed by atoms with Gasteiger partial charge >= 0.3 is 0 Å². The van der Waals surface area contributed by atoms with E-state index in [0.29, 0.717) is 10.2 Å². The normalized spacial score (nSPS) is 10.6. The number of benzene rings is 2. The third-order valence-electron chi connectivity index (χ3n) is 2.90. The molecule has 0 amide bonds. The molecule has 0 atom stereocenters. The smallest absolute Gasteiger partial charge is 0.131 e. The van der Waals surface area contributed by atoms with E-state index in [-0.39, 0.29) is 5.82 Å². The van der Waals surface area contributed by atoms with Crippen LogP contribution in [0.1, 0.15) is 18.1 Å². The number of ether oxygens (including phenoxy) is 1. The first kappa shape index (κ1) is 15.0. The standard InChI is InChI=1S/C16H17BrFNO/c1-3-19-10-12-5-4-11(2)16(6-12)20-15-8-13(17)7-14(18)9-15/h4-9,19H,3,10H2,1-2H3. The summed E-state index contributed by atoms with van der Waals surface area (Å²) in [5.41, 5.74) is 2.16. The molecule has 0 bridgehead atoms. The fraction of sp³-hybridized carbons (Fsp3) is 0.250. The van der Waals surface area contributed by atoms with E-state index in [0.717, 1.165) is 30.0 Å². The van der Waals surface area contributed by atoms with Crippen molar-refractivity contribution in [1.29, 1.82) is 0 Å². The van der Waals surface area contributed by atoms with Gasteiger partial charge in [-0.05, 0) is 42.8 Å². The second-order valence-corrected chi connectivity index (χ2v) is 5.50. The van der Waals surface area contributed by atoms with Gasteiger partial charge < -0.3 is 10.1 Å². The first-order valence-corrected chi connectivity index (χ1v) is 7.32. The largest absolute Gasteiger partial charge is 0.457 e. The Kier molecular flexibility index (Phi) is 5.15. The van der Waals surface area contributed by atoms with Gasteiger partial charge in [0.1, 0.15) is 17.3 Å². The average molecular weight is 338 g/mol. The van der Waals surface area contributed by atoms with Crippen molar-refractivity contribution in [3.63, 3.8) is 0 Å². The molecule has 2 nitrogen and oxygen atoms in total. The molecule has 0 unspecified atom stereocenters. The lowest BCUT2D eigenvalue weighted by Crippen LogP contribution is -2.11. The number of rotatable bonds is 5. The Balaban J connectivity index is 2.23. The SMILES string of the molecule is CCNCc1ccc(C)c(Oc2cc(F)cc(Br)c2)c1. The first-order chi connectivity index (χ1) is 9.58. The maximum Gasteiger partial charge on any atom is 0.131 e. The van der Waals surface area contributed by atoms with E-state index in [9.17, 15) is 4.39 Å². The lowest BCUT2D eigenvalue weighted by atomic mass is 10.1. The van der Waals surface area contributed by atoms with E-state index in [4.69, 9.17) is 4.74 Å². The van der Waals surface area contributed by atoms with Crippen molar-refractivity contribution in [2.24, 2.45) is 0 Å². The third-order valence-corrected chi connectivity index (χ3v) is 3.35. The molecule has 4 heteroatoms. The highest BCUT2D eigenvalue weighted by Gasteiger charge is 2.06. The maximum atomic E-state index is 13.4. The minimum atomic E-state index is -0.323. The van der Waals surface area contributed by atoms with Crippen LogP contribution in [0.5, 0.6) is 11.5 Å². The van der Waals surface area contributed by atoms with Crippen molar-refractivity contribution in [2.75, 3.05) is 6.54 Å². The van der Waals surface area contributed by atoms with Crippen molar-refractivity contribution < 1.29 is 9.13 Å². The molecular formula is C16H17BrFNO. The molecule has 0 aromatic heterocycles. The number of aryl methyl sites for hydroxylation is 1. The minimum Gasteiger partial charge on any atom is -0.457 e. The Hall–Kier alpha value is -1.39. The maximum absolute atomic E-state index is 13.4. The molecule has 2 rings (SSSR count). The summed E-state index contributed by atoms with van der Waals surface area (Å²) in [6, 6.07) is 10.6. The number of halogens is 2. The summed E-state index contributed by atoms with van der Waals surface area (Å²) >= 11 is 3.26. The Bertz CT molecular complexity index is 581. The molecule has 106 valence electrons. The van der Waals surface area contributed by atoms with Gasteiger partial charge in [-0.25, -0.2) is 4.39 Å². The van der Waals surface area contributed by atoms with Crippen LogP contribution in [-0.4, -0.2) is 6.54 Å². The average Bonchev–Trinajstić information content (AvgIpc) is 2.38. The molecule has 0 aliphatic carbocycles. The molecule has 20 heavy (non-hydrogen) atoms. The van der Waals surface area contributed by atoms with Crippen LogP contribution in [0.2, 0.25) is 0 Å². The van der Waals surface area contributed by atoms with Crippen LogP contribution in [-0.2, 0) is 6.54 Å². The van der Waals surface area contributed by atoms with Crippen LogP contribution in [0, 0.1) is 12.7 Å². The molecule has 0 aliphatic heterocycles. The summed E-state index contributed by atoms with van der Waals surface area (Å²) in [6.07, 6.45) is 0. The van der Waals surface area contributed by atoms with E-state index in [1.165, 1.54) is 12.1 Å². The fourth-order valence-electron chi connectivity index (χ4n) is 1.85. The van der Waals surface area contributed by atoms with Gasteiger partial charge in [-0.2, -0.15) is 0 Å². The summed E-state index contributed by atoms with van der Waals surface area (Å²) in [7, 11) is 0. The Morgan fingerprint density at radius 3 is 2.70 bits per heavy atom. The van der Waals surface area contributed by atoms with E-state index in [1.54, 1.807) is 6.07 Å². The molecule has 0 heterocycles. The predicted molar refractivity (Wildman–Crippen MR) is 82.7 cm³/mol. The van der Waals surface area contributed by atoms with Gasteiger partial charge in [0, 0.05) is 17.1 Å². The van der Waals surface area contributed by atoms with Crippen LogP contribution < -0.4 is 10.1 Å². The number of nitrogens with one attached hydrogen (secondary N) is 1. The lowest BCUT2D eigenvalue weighted by Gasteiger charge is -2.11. The highest BCUT2D eigenvalue weighted by molar-refractivity contribution is 9.10. The summed E-state index contributed by atoms with van der Waals surface area (Å²) in [5.74, 6) is 0.911. The van der Waals surface area contributed by atoms with Gasteiger partial charge in [0.25, 0.3) is 0 Å². The molecular weight excluding hydrogens is 321 g/mol. The molecule has 2 aromatic rings. The molecule has 0 fully saturated rings. The molecule has 0 radical (unpaired) electrons. The minimum absolute atomic E-state index is 0.323. The highest BCUT2D eigenvalue weighted by Crippen LogP contribution is 2.29. The van der Waals surface area contributed by atoms with Crippen LogP contribution in [0.3, 0.4) is 0 Å². The zero-order valence-corrected chi connectivity index (χ0v) is 13.1. The van der Waals surface area contributed by atoms with Crippen LogP contribution in [0.4, 0.5) is 4.39 Å². The second kappa shape index (κ2) is 6.86. The zero-order chi connectivity index (χ0) is 14.5. The van der Waals surface area contributed by atoms with Gasteiger partial charge in [0.2, 0.25) is 0 Å². The molecule has 0 saturated carbocycles. The van der Waals surface area contributed by atoms with Crippen molar-refractivity contribution in [3.8, 4) is 11.5 Å². The summed E-state index contributed by atoms with van der Waals surface area (Å²) in [6.45, 7) is 5.75. The van der Waals surface area contributed by atoms with E-state index in [1.807, 2.05) is 19.1 Å². The van der Waals surface area contributed by atoms with Gasteiger partial charge in [0.05, 0.1) is 0 Å². The lowest BCUT2D eigenvalue weighted by molar-refractivity contribution is 0.471. The monoisotopic (exact) mass is 337 g/mol. The van der Waals surface area contributed by atoms with Crippen LogP contribution >= 0.6 is 15.9 Å². The Labute approximate surface area is 127 Å². The number of hydrogen-bond acceptors (Lipinski definition) is 2. The topological polar surface area (TPSA) is 21.3 Å². The predicted octanol–water partition coefficient (Wildman–Crippen LogP) is 4.80.